The predicted molar refractivity (Wildman–Crippen MR) is 79.6 cm³/mol. The van der Waals surface area contributed by atoms with Gasteiger partial charge in [-0.2, -0.15) is 0 Å². The van der Waals surface area contributed by atoms with Gasteiger partial charge in [-0.3, -0.25) is 9.59 Å². The lowest BCUT2D eigenvalue weighted by Crippen LogP contribution is -2.50. The standard InChI is InChI=1S/C15H27N3O3/c1-2-21-13-9-12(13)15(20)18-8-4-3-5-11(18)10-17-14(19)6-7-16/h11-13H,2-10,16H2,1H3,(H,17,19). The van der Waals surface area contributed by atoms with Crippen molar-refractivity contribution < 1.29 is 14.3 Å². The Morgan fingerprint density at radius 1 is 1.38 bits per heavy atom. The highest BCUT2D eigenvalue weighted by Gasteiger charge is 2.47. The van der Waals surface area contributed by atoms with Gasteiger partial charge in [0, 0.05) is 38.7 Å². The normalized spacial score (nSPS) is 28.3. The van der Waals surface area contributed by atoms with Gasteiger partial charge in [0.2, 0.25) is 11.8 Å². The Morgan fingerprint density at radius 2 is 2.19 bits per heavy atom. The maximum Gasteiger partial charge on any atom is 0.228 e. The highest BCUT2D eigenvalue weighted by molar-refractivity contribution is 5.83. The van der Waals surface area contributed by atoms with Gasteiger partial charge in [0.05, 0.1) is 12.0 Å². The first-order valence-electron chi connectivity index (χ1n) is 8.06. The Hall–Kier alpha value is -1.14. The summed E-state index contributed by atoms with van der Waals surface area (Å²) in [6.07, 6.45) is 4.41. The first-order chi connectivity index (χ1) is 10.2. The number of nitrogens with two attached hydrogens (primary N) is 1. The Labute approximate surface area is 126 Å². The fourth-order valence-electron chi connectivity index (χ4n) is 3.00. The molecular weight excluding hydrogens is 270 g/mol. The van der Waals surface area contributed by atoms with E-state index in [0.717, 1.165) is 32.2 Å². The molecule has 21 heavy (non-hydrogen) atoms. The monoisotopic (exact) mass is 297 g/mol. The number of carbonyl (C=O) groups excluding carboxylic acids is 2. The summed E-state index contributed by atoms with van der Waals surface area (Å²) in [6, 6.07) is 0.121. The van der Waals surface area contributed by atoms with Crippen LogP contribution in [0.1, 0.15) is 39.0 Å². The molecule has 1 aliphatic heterocycles. The van der Waals surface area contributed by atoms with Gasteiger partial charge in [0.25, 0.3) is 0 Å². The molecule has 0 aromatic rings. The van der Waals surface area contributed by atoms with Crippen LogP contribution < -0.4 is 11.1 Å². The molecule has 0 radical (unpaired) electrons. The number of hydrogen-bond donors (Lipinski definition) is 2. The number of nitrogens with one attached hydrogen (secondary N) is 1. The summed E-state index contributed by atoms with van der Waals surface area (Å²) < 4.78 is 5.51. The number of ether oxygens (including phenoxy) is 1. The molecular formula is C15H27N3O3. The van der Waals surface area contributed by atoms with Crippen LogP contribution in [0.4, 0.5) is 0 Å². The van der Waals surface area contributed by atoms with E-state index >= 15 is 0 Å². The molecule has 1 saturated carbocycles. The Bertz CT molecular complexity index is 375. The zero-order valence-corrected chi connectivity index (χ0v) is 12.8. The van der Waals surface area contributed by atoms with Crippen molar-refractivity contribution in [2.24, 2.45) is 11.7 Å². The molecule has 2 amide bonds. The number of carbonyl (C=O) groups is 2. The first kappa shape index (κ1) is 16.2. The lowest BCUT2D eigenvalue weighted by molar-refractivity contribution is -0.137. The predicted octanol–water partition coefficient (Wildman–Crippen LogP) is 0.258. The highest BCUT2D eigenvalue weighted by atomic mass is 16.5. The molecule has 2 rings (SSSR count). The van der Waals surface area contributed by atoms with Crippen LogP contribution in [0, 0.1) is 5.92 Å². The third-order valence-electron chi connectivity index (χ3n) is 4.25. The van der Waals surface area contributed by atoms with Crippen molar-refractivity contribution in [1.82, 2.24) is 10.2 Å². The molecule has 2 aliphatic rings. The largest absolute Gasteiger partial charge is 0.378 e. The van der Waals surface area contributed by atoms with Crippen molar-refractivity contribution in [1.29, 1.82) is 0 Å². The summed E-state index contributed by atoms with van der Waals surface area (Å²) in [5.41, 5.74) is 5.37. The van der Waals surface area contributed by atoms with Gasteiger partial charge in [-0.15, -0.1) is 0 Å². The minimum Gasteiger partial charge on any atom is -0.378 e. The maximum absolute atomic E-state index is 12.5. The van der Waals surface area contributed by atoms with Crippen LogP contribution in [0.25, 0.3) is 0 Å². The van der Waals surface area contributed by atoms with Gasteiger partial charge in [0.1, 0.15) is 0 Å². The van der Waals surface area contributed by atoms with Crippen LogP contribution in [0.15, 0.2) is 0 Å². The molecule has 1 saturated heterocycles. The SMILES string of the molecule is CCOC1CC1C(=O)N1CCCCC1CNC(=O)CCN. The van der Waals surface area contributed by atoms with Crippen molar-refractivity contribution in [3.63, 3.8) is 0 Å². The van der Waals surface area contributed by atoms with Gasteiger partial charge < -0.3 is 20.7 Å². The van der Waals surface area contributed by atoms with Crippen molar-refractivity contribution in [2.45, 2.75) is 51.2 Å². The molecule has 3 N–H and O–H groups in total. The smallest absolute Gasteiger partial charge is 0.228 e. The molecule has 1 aliphatic carbocycles. The van der Waals surface area contributed by atoms with Crippen LogP contribution in [0.2, 0.25) is 0 Å². The number of hydrogen-bond acceptors (Lipinski definition) is 4. The van der Waals surface area contributed by atoms with Gasteiger partial charge >= 0.3 is 0 Å². The third-order valence-corrected chi connectivity index (χ3v) is 4.25. The molecule has 6 nitrogen and oxygen atoms in total. The van der Waals surface area contributed by atoms with E-state index in [1.165, 1.54) is 0 Å². The van der Waals surface area contributed by atoms with E-state index in [1.54, 1.807) is 0 Å². The van der Waals surface area contributed by atoms with Gasteiger partial charge in [-0.25, -0.2) is 0 Å². The minimum atomic E-state index is -0.0333. The van der Waals surface area contributed by atoms with E-state index in [0.29, 0.717) is 26.1 Å². The summed E-state index contributed by atoms with van der Waals surface area (Å²) in [4.78, 5) is 26.0. The number of nitrogens with zero attached hydrogens (tertiary/aromatic N) is 1. The second-order valence-corrected chi connectivity index (χ2v) is 5.86. The Kier molecular flexibility index (Phi) is 5.99. The molecule has 0 bridgehead atoms. The molecule has 6 heteroatoms. The minimum absolute atomic E-state index is 0.0327. The van der Waals surface area contributed by atoms with E-state index in [1.807, 2.05) is 11.8 Å². The average molecular weight is 297 g/mol. The van der Waals surface area contributed by atoms with E-state index in [2.05, 4.69) is 5.32 Å². The van der Waals surface area contributed by atoms with E-state index < -0.39 is 0 Å². The molecule has 0 aromatic carbocycles. The number of rotatable bonds is 7. The molecule has 3 unspecified atom stereocenters. The summed E-state index contributed by atoms with van der Waals surface area (Å²) in [5.74, 6) is 0.200. The fourth-order valence-corrected chi connectivity index (χ4v) is 3.00. The zero-order valence-electron chi connectivity index (χ0n) is 12.8. The van der Waals surface area contributed by atoms with Crippen LogP contribution in [0.3, 0.4) is 0 Å². The molecule has 1 heterocycles. The summed E-state index contributed by atoms with van der Waals surface area (Å²) in [5, 5.41) is 2.89. The van der Waals surface area contributed by atoms with E-state index in [4.69, 9.17) is 10.5 Å². The molecule has 3 atom stereocenters. The van der Waals surface area contributed by atoms with Gasteiger partial charge in [0.15, 0.2) is 0 Å². The first-order valence-corrected chi connectivity index (χ1v) is 8.06. The number of piperidine rings is 1. The van der Waals surface area contributed by atoms with E-state index in [-0.39, 0.29) is 29.9 Å². The van der Waals surface area contributed by atoms with Crippen LogP contribution in [-0.4, -0.2) is 55.1 Å². The van der Waals surface area contributed by atoms with Gasteiger partial charge in [-0.05, 0) is 32.6 Å². The van der Waals surface area contributed by atoms with Crippen LogP contribution in [-0.2, 0) is 14.3 Å². The highest BCUT2D eigenvalue weighted by Crippen LogP contribution is 2.36. The zero-order chi connectivity index (χ0) is 15.2. The summed E-state index contributed by atoms with van der Waals surface area (Å²) in [7, 11) is 0. The van der Waals surface area contributed by atoms with Crippen molar-refractivity contribution >= 4 is 11.8 Å². The number of amides is 2. The summed E-state index contributed by atoms with van der Waals surface area (Å²) in [6.45, 7) is 4.31. The second kappa shape index (κ2) is 7.75. The Morgan fingerprint density at radius 3 is 2.90 bits per heavy atom. The van der Waals surface area contributed by atoms with E-state index in [9.17, 15) is 9.59 Å². The van der Waals surface area contributed by atoms with Crippen LogP contribution >= 0.6 is 0 Å². The van der Waals surface area contributed by atoms with Crippen LogP contribution in [0.5, 0.6) is 0 Å². The maximum atomic E-state index is 12.5. The molecule has 120 valence electrons. The molecule has 0 aromatic heterocycles. The van der Waals surface area contributed by atoms with Crippen molar-refractivity contribution in [3.8, 4) is 0 Å². The van der Waals surface area contributed by atoms with Crippen molar-refractivity contribution in [3.05, 3.63) is 0 Å². The lowest BCUT2D eigenvalue weighted by Gasteiger charge is -2.36. The number of likely N-dealkylation sites (tertiary alicyclic amines) is 1. The van der Waals surface area contributed by atoms with Gasteiger partial charge in [-0.1, -0.05) is 0 Å². The average Bonchev–Trinajstić information content (AvgIpc) is 3.25. The molecule has 2 fully saturated rings. The fraction of sp³-hybridized carbons (Fsp3) is 0.867. The second-order valence-electron chi connectivity index (χ2n) is 5.86. The van der Waals surface area contributed by atoms with Crippen molar-refractivity contribution in [2.75, 3.05) is 26.2 Å². The quantitative estimate of drug-likeness (QED) is 0.706. The Balaban J connectivity index is 1.84. The topological polar surface area (TPSA) is 84.7 Å². The summed E-state index contributed by atoms with van der Waals surface area (Å²) >= 11 is 0. The third kappa shape index (κ3) is 4.41. The lowest BCUT2D eigenvalue weighted by atomic mass is 10.0. The molecule has 0 spiro atoms.